The Hall–Kier alpha value is -1.40. The smallest absolute Gasteiger partial charge is 0.460 e. The maximum atomic E-state index is 13.5. The Morgan fingerprint density at radius 2 is 1.56 bits per heavy atom. The second-order valence-corrected chi connectivity index (χ2v) is 11.8. The van der Waals surface area contributed by atoms with E-state index in [9.17, 15) is 14.5 Å². The van der Waals surface area contributed by atoms with E-state index in [2.05, 4.69) is 0 Å². The molecule has 0 radical (unpaired) electrons. The molecule has 1 N–H and O–H groups in total. The normalized spacial score (nSPS) is 13.0. The first-order valence-electron chi connectivity index (χ1n) is 11.1. The van der Waals surface area contributed by atoms with E-state index in [1.165, 1.54) is 0 Å². The zero-order chi connectivity index (χ0) is 24.9. The molecule has 0 aliphatic carbocycles. The van der Waals surface area contributed by atoms with E-state index >= 15 is 0 Å². The molecule has 32 heavy (non-hydrogen) atoms. The number of rotatable bonds is 11. The number of hydrogen-bond donors (Lipinski definition) is 1. The molecule has 0 saturated carbocycles. The summed E-state index contributed by atoms with van der Waals surface area (Å²) in [6, 6.07) is 3.65. The van der Waals surface area contributed by atoms with Crippen LogP contribution >= 0.6 is 7.82 Å². The lowest BCUT2D eigenvalue weighted by atomic mass is 9.77. The van der Waals surface area contributed by atoms with Crippen molar-refractivity contribution in [2.75, 3.05) is 6.61 Å². The molecule has 184 valence electrons. The van der Waals surface area contributed by atoms with Gasteiger partial charge >= 0.3 is 13.8 Å². The topological polar surface area (TPSA) is 91.3 Å². The maximum absolute atomic E-state index is 13.5. The van der Waals surface area contributed by atoms with Crippen LogP contribution in [0.5, 0.6) is 5.75 Å². The summed E-state index contributed by atoms with van der Waals surface area (Å²) in [4.78, 5) is 12.6. The van der Waals surface area contributed by atoms with Crippen LogP contribution in [0, 0.1) is 6.92 Å². The summed E-state index contributed by atoms with van der Waals surface area (Å²) < 4.78 is 36.1. The molecule has 0 saturated heterocycles. The minimum absolute atomic E-state index is 0.0138. The summed E-state index contributed by atoms with van der Waals surface area (Å²) >= 11 is 0. The lowest BCUT2D eigenvalue weighted by molar-refractivity contribution is -0.153. The third kappa shape index (κ3) is 9.22. The molecule has 0 fully saturated rings. The molecule has 0 bridgehead atoms. The number of phosphoric ester groups is 1. The summed E-state index contributed by atoms with van der Waals surface area (Å²) in [5.41, 5.74) is 0.974. The first-order valence-corrected chi connectivity index (χ1v) is 12.6. The number of aryl methyl sites for hydroxylation is 1. The number of benzene rings is 1. The van der Waals surface area contributed by atoms with E-state index in [4.69, 9.17) is 18.3 Å². The molecule has 0 unspecified atom stereocenters. The van der Waals surface area contributed by atoms with Gasteiger partial charge in [-0.15, -0.1) is 0 Å². The highest BCUT2D eigenvalue weighted by molar-refractivity contribution is 7.49. The highest BCUT2D eigenvalue weighted by Crippen LogP contribution is 2.54. The molecule has 0 amide bonds. The average Bonchev–Trinajstić information content (AvgIpc) is 2.49. The van der Waals surface area contributed by atoms with Crippen molar-refractivity contribution >= 4 is 13.8 Å². The molecule has 1 rings (SSSR count). The molecular weight excluding hydrogens is 431 g/mol. The van der Waals surface area contributed by atoms with E-state index in [0.29, 0.717) is 23.3 Å². The van der Waals surface area contributed by atoms with Crippen LogP contribution in [0.25, 0.3) is 0 Å². The van der Waals surface area contributed by atoms with Crippen molar-refractivity contribution in [2.24, 2.45) is 0 Å². The number of ether oxygens (including phenoxy) is 1. The van der Waals surface area contributed by atoms with Crippen LogP contribution < -0.4 is 4.52 Å². The maximum Gasteiger partial charge on any atom is 0.530 e. The highest BCUT2D eigenvalue weighted by Gasteiger charge is 2.36. The lowest BCUT2D eigenvalue weighted by Crippen LogP contribution is -2.27. The summed E-state index contributed by atoms with van der Waals surface area (Å²) in [6.45, 7) is 18.1. The van der Waals surface area contributed by atoms with Crippen molar-refractivity contribution in [3.8, 4) is 5.75 Å². The molecule has 0 aromatic heterocycles. The number of hydrogen-bond acceptors (Lipinski definition) is 7. The summed E-state index contributed by atoms with van der Waals surface area (Å²) in [6.07, 6.45) is -0.354. The Bertz CT molecular complexity index is 808. The highest BCUT2D eigenvalue weighted by atomic mass is 31.2. The van der Waals surface area contributed by atoms with E-state index in [0.717, 1.165) is 5.56 Å². The van der Waals surface area contributed by atoms with Gasteiger partial charge in [0.2, 0.25) is 0 Å². The van der Waals surface area contributed by atoms with Crippen LogP contribution in [0.3, 0.4) is 0 Å². The molecule has 1 aromatic carbocycles. The van der Waals surface area contributed by atoms with Gasteiger partial charge in [-0.25, -0.2) is 4.57 Å². The largest absolute Gasteiger partial charge is 0.530 e. The number of carbonyl (C=O) groups excluding carboxylic acids is 1. The van der Waals surface area contributed by atoms with Crippen LogP contribution in [0.4, 0.5) is 0 Å². The van der Waals surface area contributed by atoms with Gasteiger partial charge in [-0.05, 0) is 84.4 Å². The van der Waals surface area contributed by atoms with Gasteiger partial charge in [0.25, 0.3) is 0 Å². The van der Waals surface area contributed by atoms with Crippen LogP contribution in [-0.4, -0.2) is 35.5 Å². The standard InChI is InChI=1S/C24H41O7P/c1-16(2)29-32(27,30-17(3)4)31-20-14-18(5)13-19(15-21(26)28-23(6,7)8)22(20)24(9,10)11-12-25/h13-14,16-17,25H,11-12,15H2,1-10H3. The van der Waals surface area contributed by atoms with Gasteiger partial charge in [0, 0.05) is 12.2 Å². The fraction of sp³-hybridized carbons (Fsp3) is 0.708. The fourth-order valence-electron chi connectivity index (χ4n) is 3.45. The summed E-state index contributed by atoms with van der Waals surface area (Å²) in [5.74, 6) is -0.0678. The molecule has 0 atom stereocenters. The lowest BCUT2D eigenvalue weighted by Gasteiger charge is -2.31. The zero-order valence-corrected chi connectivity index (χ0v) is 22.2. The van der Waals surface area contributed by atoms with Crippen LogP contribution in [0.1, 0.15) is 85.4 Å². The second-order valence-electron chi connectivity index (χ2n) is 10.3. The molecule has 1 aromatic rings. The van der Waals surface area contributed by atoms with Gasteiger partial charge in [-0.2, -0.15) is 0 Å². The van der Waals surface area contributed by atoms with Crippen LogP contribution in [0.2, 0.25) is 0 Å². The minimum Gasteiger partial charge on any atom is -0.460 e. The number of esters is 1. The molecule has 7 nitrogen and oxygen atoms in total. The Balaban J connectivity index is 3.60. The minimum atomic E-state index is -3.96. The van der Waals surface area contributed by atoms with Crippen molar-refractivity contribution in [1.82, 2.24) is 0 Å². The van der Waals surface area contributed by atoms with Gasteiger partial charge < -0.3 is 14.4 Å². The molecule has 8 heteroatoms. The third-order valence-corrected chi connectivity index (χ3v) is 6.17. The van der Waals surface area contributed by atoms with Gasteiger partial charge in [0.1, 0.15) is 11.4 Å². The van der Waals surface area contributed by atoms with Crippen molar-refractivity contribution in [3.05, 3.63) is 28.8 Å². The number of carbonyl (C=O) groups is 1. The third-order valence-electron chi connectivity index (χ3n) is 4.39. The molecular formula is C24H41O7P. The molecule has 0 aliphatic heterocycles. The van der Waals surface area contributed by atoms with E-state index in [-0.39, 0.29) is 31.2 Å². The van der Waals surface area contributed by atoms with Crippen molar-refractivity contribution < 1.29 is 32.8 Å². The quantitative estimate of drug-likeness (QED) is 0.318. The molecule has 0 heterocycles. The Kier molecular flexibility index (Phi) is 9.98. The van der Waals surface area contributed by atoms with Gasteiger partial charge in [-0.1, -0.05) is 19.9 Å². The van der Waals surface area contributed by atoms with E-state index in [1.54, 1.807) is 33.8 Å². The first-order chi connectivity index (χ1) is 14.5. The van der Waals surface area contributed by atoms with Crippen LogP contribution in [0.15, 0.2) is 12.1 Å². The van der Waals surface area contributed by atoms with Crippen molar-refractivity contribution in [1.29, 1.82) is 0 Å². The Morgan fingerprint density at radius 1 is 1.03 bits per heavy atom. The average molecular weight is 473 g/mol. The summed E-state index contributed by atoms with van der Waals surface area (Å²) in [5, 5.41) is 9.67. The first kappa shape index (κ1) is 28.6. The SMILES string of the molecule is Cc1cc(CC(=O)OC(C)(C)C)c(C(C)(C)CCO)c(OP(=O)(OC(C)C)OC(C)C)c1. The van der Waals surface area contributed by atoms with Crippen molar-refractivity contribution in [3.63, 3.8) is 0 Å². The molecule has 0 spiro atoms. The predicted octanol–water partition coefficient (Wildman–Crippen LogP) is 5.88. The van der Waals surface area contributed by atoms with E-state index < -0.39 is 18.8 Å². The number of phosphoric acid groups is 1. The Morgan fingerprint density at radius 3 is 2.00 bits per heavy atom. The summed E-state index contributed by atoms with van der Waals surface area (Å²) in [7, 11) is -3.96. The molecule has 0 aliphatic rings. The number of aliphatic hydroxyl groups is 1. The zero-order valence-electron chi connectivity index (χ0n) is 21.3. The van der Waals surface area contributed by atoms with Gasteiger partial charge in [0.05, 0.1) is 18.6 Å². The second kappa shape index (κ2) is 11.1. The monoisotopic (exact) mass is 472 g/mol. The Labute approximate surface area is 193 Å². The van der Waals surface area contributed by atoms with Crippen molar-refractivity contribution in [2.45, 2.75) is 105 Å². The predicted molar refractivity (Wildman–Crippen MR) is 126 cm³/mol. The van der Waals surface area contributed by atoms with Gasteiger partial charge in [0.15, 0.2) is 0 Å². The number of aliphatic hydroxyl groups excluding tert-OH is 1. The van der Waals surface area contributed by atoms with Crippen LogP contribution in [-0.2, 0) is 35.0 Å². The van der Waals surface area contributed by atoms with E-state index in [1.807, 2.05) is 47.6 Å². The fourth-order valence-corrected chi connectivity index (χ4v) is 5.00. The van der Waals surface area contributed by atoms with Gasteiger partial charge in [-0.3, -0.25) is 13.8 Å².